The Morgan fingerprint density at radius 2 is 1.89 bits per heavy atom. The number of carbonyl (C=O) groups is 1. The summed E-state index contributed by atoms with van der Waals surface area (Å²) in [6.45, 7) is -0.0984. The summed E-state index contributed by atoms with van der Waals surface area (Å²) >= 11 is 0. The number of Topliss-reactive ketones (excluding diaryl/α,β-unsaturated/α-hetero) is 1. The van der Waals surface area contributed by atoms with E-state index in [0.717, 1.165) is 0 Å². The second-order valence-corrected chi connectivity index (χ2v) is 3.87. The minimum absolute atomic E-state index is 0.0468. The highest BCUT2D eigenvalue weighted by Crippen LogP contribution is 2.19. The van der Waals surface area contributed by atoms with Gasteiger partial charge in [0, 0.05) is 5.56 Å². The van der Waals surface area contributed by atoms with E-state index in [1.54, 1.807) is 12.1 Å². The van der Waals surface area contributed by atoms with Crippen LogP contribution < -0.4 is 9.47 Å². The van der Waals surface area contributed by atoms with Crippen LogP contribution in [0.25, 0.3) is 0 Å². The van der Waals surface area contributed by atoms with E-state index in [1.165, 1.54) is 25.3 Å². The first kappa shape index (κ1) is 13.1. The summed E-state index contributed by atoms with van der Waals surface area (Å²) in [6, 6.07) is 13.0. The predicted molar refractivity (Wildman–Crippen MR) is 69.2 cm³/mol. The lowest BCUT2D eigenvalue weighted by Gasteiger charge is -2.07. The monoisotopic (exact) mass is 260 g/mol. The largest absolute Gasteiger partial charge is 0.494 e. The third-order valence-electron chi connectivity index (χ3n) is 2.59. The van der Waals surface area contributed by atoms with E-state index in [1.807, 2.05) is 18.2 Å². The molecule has 0 heterocycles. The molecule has 0 aliphatic carbocycles. The molecule has 0 amide bonds. The molecule has 0 unspecified atom stereocenters. The van der Waals surface area contributed by atoms with Gasteiger partial charge < -0.3 is 9.47 Å². The zero-order valence-electron chi connectivity index (χ0n) is 10.4. The normalized spacial score (nSPS) is 10.0. The molecule has 2 aromatic carbocycles. The highest BCUT2D eigenvalue weighted by atomic mass is 19.1. The van der Waals surface area contributed by atoms with Gasteiger partial charge in [0.15, 0.2) is 24.0 Å². The van der Waals surface area contributed by atoms with Gasteiger partial charge >= 0.3 is 0 Å². The molecular formula is C15H13FO3. The van der Waals surface area contributed by atoms with Crippen LogP contribution >= 0.6 is 0 Å². The van der Waals surface area contributed by atoms with Crippen molar-refractivity contribution in [2.45, 2.75) is 0 Å². The average molecular weight is 260 g/mol. The fraction of sp³-hybridized carbons (Fsp3) is 0.133. The van der Waals surface area contributed by atoms with E-state index in [0.29, 0.717) is 11.3 Å². The van der Waals surface area contributed by atoms with Gasteiger partial charge in [-0.25, -0.2) is 4.39 Å². The summed E-state index contributed by atoms with van der Waals surface area (Å²) in [5, 5.41) is 0. The van der Waals surface area contributed by atoms with E-state index < -0.39 is 5.82 Å². The third-order valence-corrected chi connectivity index (χ3v) is 2.59. The average Bonchev–Trinajstić information content (AvgIpc) is 2.46. The van der Waals surface area contributed by atoms with Crippen LogP contribution in [0.3, 0.4) is 0 Å². The van der Waals surface area contributed by atoms with Crippen molar-refractivity contribution < 1.29 is 18.7 Å². The van der Waals surface area contributed by atoms with Gasteiger partial charge in [-0.3, -0.25) is 4.79 Å². The van der Waals surface area contributed by atoms with Crippen molar-refractivity contribution in [2.75, 3.05) is 13.7 Å². The fourth-order valence-electron chi connectivity index (χ4n) is 1.58. The lowest BCUT2D eigenvalue weighted by Crippen LogP contribution is -2.11. The van der Waals surface area contributed by atoms with Crippen molar-refractivity contribution in [3.05, 3.63) is 59.9 Å². The quantitative estimate of drug-likeness (QED) is 0.775. The Bertz CT molecular complexity index is 567. The molecule has 0 spiro atoms. The molecule has 0 aliphatic rings. The highest BCUT2D eigenvalue weighted by molar-refractivity contribution is 5.97. The Hall–Kier alpha value is -2.36. The molecule has 0 atom stereocenters. The zero-order chi connectivity index (χ0) is 13.7. The van der Waals surface area contributed by atoms with Crippen molar-refractivity contribution in [1.29, 1.82) is 0 Å². The molecule has 0 aliphatic heterocycles. The van der Waals surface area contributed by atoms with Gasteiger partial charge in [-0.05, 0) is 30.3 Å². The van der Waals surface area contributed by atoms with Crippen LogP contribution in [0.2, 0.25) is 0 Å². The van der Waals surface area contributed by atoms with Crippen molar-refractivity contribution in [3.8, 4) is 11.5 Å². The van der Waals surface area contributed by atoms with Crippen LogP contribution in [0.1, 0.15) is 10.4 Å². The standard InChI is InChI=1S/C15H13FO3/c1-18-15-9-11(7-8-13(15)16)14(17)10-19-12-5-3-2-4-6-12/h2-9H,10H2,1H3. The van der Waals surface area contributed by atoms with Crippen LogP contribution in [0.4, 0.5) is 4.39 Å². The number of methoxy groups -OCH3 is 1. The number of rotatable bonds is 5. The summed E-state index contributed by atoms with van der Waals surface area (Å²) < 4.78 is 23.4. The topological polar surface area (TPSA) is 35.5 Å². The van der Waals surface area contributed by atoms with Crippen molar-refractivity contribution in [2.24, 2.45) is 0 Å². The SMILES string of the molecule is COc1cc(C(=O)COc2ccccc2)ccc1F. The molecule has 0 fully saturated rings. The van der Waals surface area contributed by atoms with Crippen molar-refractivity contribution in [1.82, 2.24) is 0 Å². The molecular weight excluding hydrogens is 247 g/mol. The highest BCUT2D eigenvalue weighted by Gasteiger charge is 2.10. The van der Waals surface area contributed by atoms with Gasteiger partial charge in [0.05, 0.1) is 7.11 Å². The van der Waals surface area contributed by atoms with E-state index in [2.05, 4.69) is 0 Å². The summed E-state index contributed by atoms with van der Waals surface area (Å²) in [4.78, 5) is 11.9. The lowest BCUT2D eigenvalue weighted by atomic mass is 10.1. The number of benzene rings is 2. The Morgan fingerprint density at radius 1 is 1.16 bits per heavy atom. The van der Waals surface area contributed by atoms with Gasteiger partial charge in [0.2, 0.25) is 0 Å². The number of carbonyl (C=O) groups excluding carboxylic acids is 1. The van der Waals surface area contributed by atoms with Gasteiger partial charge in [-0.1, -0.05) is 18.2 Å². The van der Waals surface area contributed by atoms with Crippen molar-refractivity contribution >= 4 is 5.78 Å². The van der Waals surface area contributed by atoms with E-state index in [-0.39, 0.29) is 18.1 Å². The molecule has 0 aromatic heterocycles. The van der Waals surface area contributed by atoms with E-state index >= 15 is 0 Å². The molecule has 98 valence electrons. The maximum absolute atomic E-state index is 13.2. The molecule has 2 rings (SSSR count). The molecule has 2 aromatic rings. The molecule has 0 radical (unpaired) electrons. The van der Waals surface area contributed by atoms with Crippen LogP contribution in [0.5, 0.6) is 11.5 Å². The van der Waals surface area contributed by atoms with Gasteiger partial charge in [0.25, 0.3) is 0 Å². The van der Waals surface area contributed by atoms with Crippen molar-refractivity contribution in [3.63, 3.8) is 0 Å². The van der Waals surface area contributed by atoms with Crippen LogP contribution in [0.15, 0.2) is 48.5 Å². The number of hydrogen-bond acceptors (Lipinski definition) is 3. The molecule has 0 saturated carbocycles. The van der Waals surface area contributed by atoms with Gasteiger partial charge in [0.1, 0.15) is 5.75 Å². The predicted octanol–water partition coefficient (Wildman–Crippen LogP) is 3.10. The summed E-state index contributed by atoms with van der Waals surface area (Å²) in [7, 11) is 1.35. The Labute approximate surface area is 110 Å². The van der Waals surface area contributed by atoms with Crippen LogP contribution in [0, 0.1) is 5.82 Å². The Morgan fingerprint density at radius 3 is 2.58 bits per heavy atom. The van der Waals surface area contributed by atoms with Crippen LogP contribution in [-0.2, 0) is 0 Å². The molecule has 19 heavy (non-hydrogen) atoms. The number of halogens is 1. The fourth-order valence-corrected chi connectivity index (χ4v) is 1.58. The summed E-state index contributed by atoms with van der Waals surface area (Å²) in [5.74, 6) is -0.0688. The Balaban J connectivity index is 2.04. The number of para-hydroxylation sites is 1. The molecule has 0 bridgehead atoms. The lowest BCUT2D eigenvalue weighted by molar-refractivity contribution is 0.0921. The molecule has 0 saturated heterocycles. The molecule has 0 N–H and O–H groups in total. The summed E-state index contributed by atoms with van der Waals surface area (Å²) in [6.07, 6.45) is 0. The zero-order valence-corrected chi connectivity index (χ0v) is 10.4. The number of ether oxygens (including phenoxy) is 2. The molecule has 3 nitrogen and oxygen atoms in total. The maximum Gasteiger partial charge on any atom is 0.200 e. The maximum atomic E-state index is 13.2. The minimum atomic E-state index is -0.497. The first-order chi connectivity index (χ1) is 9.20. The summed E-state index contributed by atoms with van der Waals surface area (Å²) in [5.41, 5.74) is 0.356. The van der Waals surface area contributed by atoms with E-state index in [4.69, 9.17) is 9.47 Å². The number of ketones is 1. The second-order valence-electron chi connectivity index (χ2n) is 3.87. The molecule has 4 heteroatoms. The van der Waals surface area contributed by atoms with Gasteiger partial charge in [-0.15, -0.1) is 0 Å². The smallest absolute Gasteiger partial charge is 0.200 e. The van der Waals surface area contributed by atoms with E-state index in [9.17, 15) is 9.18 Å². The number of hydrogen-bond donors (Lipinski definition) is 0. The first-order valence-electron chi connectivity index (χ1n) is 5.75. The first-order valence-corrected chi connectivity index (χ1v) is 5.75. The van der Waals surface area contributed by atoms with Crippen LogP contribution in [-0.4, -0.2) is 19.5 Å². The third kappa shape index (κ3) is 3.31. The second kappa shape index (κ2) is 6.00. The Kier molecular flexibility index (Phi) is 4.13. The minimum Gasteiger partial charge on any atom is -0.494 e. The van der Waals surface area contributed by atoms with Gasteiger partial charge in [-0.2, -0.15) is 0 Å².